The smallest absolute Gasteiger partial charge is 0.242 e. The summed E-state index contributed by atoms with van der Waals surface area (Å²) in [6, 6.07) is 5.07. The van der Waals surface area contributed by atoms with Crippen LogP contribution in [-0.2, 0) is 4.79 Å². The van der Waals surface area contributed by atoms with Crippen LogP contribution < -0.4 is 10.6 Å². The van der Waals surface area contributed by atoms with E-state index in [4.69, 9.17) is 11.6 Å². The molecule has 16 heavy (non-hydrogen) atoms. The fourth-order valence-corrected chi connectivity index (χ4v) is 1.93. The molecule has 1 aromatic rings. The Balaban J connectivity index is 1.96. The number of halogens is 1. The number of nitrogens with one attached hydrogen (secondary N) is 2. The number of aromatic nitrogens is 1. The summed E-state index contributed by atoms with van der Waals surface area (Å²) in [4.78, 5) is 15.8. The van der Waals surface area contributed by atoms with E-state index in [1.807, 2.05) is 0 Å². The summed E-state index contributed by atoms with van der Waals surface area (Å²) in [5.74, 6) is 0.472. The van der Waals surface area contributed by atoms with Crippen LogP contribution >= 0.6 is 11.6 Å². The van der Waals surface area contributed by atoms with E-state index in [0.29, 0.717) is 11.0 Å². The fraction of sp³-hybridized carbons (Fsp3) is 0.455. The third-order valence-electron chi connectivity index (χ3n) is 2.59. The summed E-state index contributed by atoms with van der Waals surface area (Å²) in [7, 11) is 0. The van der Waals surface area contributed by atoms with Gasteiger partial charge in [-0.05, 0) is 31.5 Å². The lowest BCUT2D eigenvalue weighted by Gasteiger charge is -2.22. The normalized spacial score (nSPS) is 20.4. The monoisotopic (exact) mass is 239 g/mol. The van der Waals surface area contributed by atoms with Crippen LogP contribution in [0.25, 0.3) is 0 Å². The van der Waals surface area contributed by atoms with Crippen LogP contribution in [0.5, 0.6) is 0 Å². The van der Waals surface area contributed by atoms with Crippen molar-refractivity contribution in [2.45, 2.75) is 25.3 Å². The quantitative estimate of drug-likeness (QED) is 0.774. The second kappa shape index (κ2) is 5.27. The lowest BCUT2D eigenvalue weighted by atomic mass is 10.0. The number of anilines is 1. The van der Waals surface area contributed by atoms with Gasteiger partial charge in [-0.25, -0.2) is 4.98 Å². The van der Waals surface area contributed by atoms with Crippen molar-refractivity contribution in [1.29, 1.82) is 0 Å². The highest BCUT2D eigenvalue weighted by atomic mass is 35.5. The highest BCUT2D eigenvalue weighted by molar-refractivity contribution is 6.29. The molecule has 1 saturated heterocycles. The predicted molar refractivity (Wildman–Crippen MR) is 63.5 cm³/mol. The SMILES string of the molecule is O=C(Nc1cccc(Cl)n1)[C@@H]1CCCCN1. The average Bonchev–Trinajstić information content (AvgIpc) is 2.30. The van der Waals surface area contributed by atoms with Gasteiger partial charge in [-0.15, -0.1) is 0 Å². The van der Waals surface area contributed by atoms with Gasteiger partial charge in [-0.2, -0.15) is 0 Å². The zero-order valence-corrected chi connectivity index (χ0v) is 9.63. The molecule has 1 aliphatic rings. The van der Waals surface area contributed by atoms with Crippen molar-refractivity contribution in [3.63, 3.8) is 0 Å². The zero-order chi connectivity index (χ0) is 11.4. The molecule has 0 spiro atoms. The average molecular weight is 240 g/mol. The molecule has 1 aliphatic heterocycles. The number of pyridine rings is 1. The van der Waals surface area contributed by atoms with Gasteiger partial charge in [0, 0.05) is 0 Å². The van der Waals surface area contributed by atoms with Gasteiger partial charge < -0.3 is 10.6 Å². The number of rotatable bonds is 2. The van der Waals surface area contributed by atoms with Gasteiger partial charge in [-0.3, -0.25) is 4.79 Å². The first-order chi connectivity index (χ1) is 7.75. The first-order valence-corrected chi connectivity index (χ1v) is 5.80. The molecule has 2 N–H and O–H groups in total. The molecule has 2 heterocycles. The Labute approximate surface area is 99.4 Å². The van der Waals surface area contributed by atoms with E-state index >= 15 is 0 Å². The second-order valence-electron chi connectivity index (χ2n) is 3.84. The summed E-state index contributed by atoms with van der Waals surface area (Å²) >= 11 is 5.74. The van der Waals surface area contributed by atoms with Crippen molar-refractivity contribution in [3.05, 3.63) is 23.4 Å². The topological polar surface area (TPSA) is 54.0 Å². The van der Waals surface area contributed by atoms with Crippen molar-refractivity contribution in [1.82, 2.24) is 10.3 Å². The fourth-order valence-electron chi connectivity index (χ4n) is 1.77. The predicted octanol–water partition coefficient (Wildman–Crippen LogP) is 1.82. The Morgan fingerprint density at radius 3 is 3.06 bits per heavy atom. The van der Waals surface area contributed by atoms with Crippen LogP contribution in [-0.4, -0.2) is 23.5 Å². The van der Waals surface area contributed by atoms with Gasteiger partial charge >= 0.3 is 0 Å². The second-order valence-corrected chi connectivity index (χ2v) is 4.22. The number of nitrogens with zero attached hydrogens (tertiary/aromatic N) is 1. The molecule has 0 unspecified atom stereocenters. The molecule has 5 heteroatoms. The van der Waals surface area contributed by atoms with E-state index in [9.17, 15) is 4.79 Å². The maximum absolute atomic E-state index is 11.8. The lowest BCUT2D eigenvalue weighted by molar-refractivity contribution is -0.118. The third-order valence-corrected chi connectivity index (χ3v) is 2.80. The van der Waals surface area contributed by atoms with E-state index in [1.165, 1.54) is 0 Å². The molecule has 0 bridgehead atoms. The summed E-state index contributed by atoms with van der Waals surface area (Å²) in [6.45, 7) is 0.904. The van der Waals surface area contributed by atoms with Crippen molar-refractivity contribution in [2.75, 3.05) is 11.9 Å². The first-order valence-electron chi connectivity index (χ1n) is 5.42. The van der Waals surface area contributed by atoms with Crippen LogP contribution in [0, 0.1) is 0 Å². The third kappa shape index (κ3) is 2.93. The van der Waals surface area contributed by atoms with E-state index in [-0.39, 0.29) is 11.9 Å². The minimum absolute atomic E-state index is 0.0329. The van der Waals surface area contributed by atoms with Gasteiger partial charge in [0.1, 0.15) is 11.0 Å². The Kier molecular flexibility index (Phi) is 3.74. The Morgan fingerprint density at radius 1 is 1.50 bits per heavy atom. The van der Waals surface area contributed by atoms with E-state index in [0.717, 1.165) is 25.8 Å². The van der Waals surface area contributed by atoms with Crippen LogP contribution in [0.4, 0.5) is 5.82 Å². The van der Waals surface area contributed by atoms with Gasteiger partial charge in [0.05, 0.1) is 6.04 Å². The van der Waals surface area contributed by atoms with Crippen LogP contribution in [0.15, 0.2) is 18.2 Å². The number of amides is 1. The standard InChI is InChI=1S/C11H14ClN3O/c12-9-5-3-6-10(14-9)15-11(16)8-4-1-2-7-13-8/h3,5-6,8,13H,1-2,4,7H2,(H,14,15,16)/t8-/m0/s1. The molecule has 1 fully saturated rings. The summed E-state index contributed by atoms with van der Waals surface area (Å²) < 4.78 is 0. The summed E-state index contributed by atoms with van der Waals surface area (Å²) in [5, 5.41) is 6.32. The molecule has 1 aromatic heterocycles. The number of carbonyl (C=O) groups excluding carboxylic acids is 1. The van der Waals surface area contributed by atoms with Gasteiger partial charge in [0.15, 0.2) is 0 Å². The van der Waals surface area contributed by atoms with Crippen molar-refractivity contribution < 1.29 is 4.79 Å². The number of piperidine rings is 1. The first kappa shape index (κ1) is 11.4. The molecule has 4 nitrogen and oxygen atoms in total. The van der Waals surface area contributed by atoms with Crippen molar-refractivity contribution in [2.24, 2.45) is 0 Å². The van der Waals surface area contributed by atoms with Gasteiger partial charge in [-0.1, -0.05) is 24.1 Å². The molecule has 1 atom stereocenters. The van der Waals surface area contributed by atoms with Gasteiger partial charge in [0.2, 0.25) is 5.91 Å². The van der Waals surface area contributed by atoms with Crippen LogP contribution in [0.1, 0.15) is 19.3 Å². The highest BCUT2D eigenvalue weighted by Crippen LogP contribution is 2.12. The molecule has 0 aliphatic carbocycles. The summed E-state index contributed by atoms with van der Waals surface area (Å²) in [5.41, 5.74) is 0. The molecule has 1 amide bonds. The molecule has 86 valence electrons. The van der Waals surface area contributed by atoms with Crippen LogP contribution in [0.3, 0.4) is 0 Å². The van der Waals surface area contributed by atoms with Crippen LogP contribution in [0.2, 0.25) is 5.15 Å². The Hall–Kier alpha value is -1.13. The Bertz CT molecular complexity index is 377. The molecule has 0 aromatic carbocycles. The van der Waals surface area contributed by atoms with Crippen molar-refractivity contribution in [3.8, 4) is 0 Å². The number of carbonyl (C=O) groups is 1. The van der Waals surface area contributed by atoms with E-state index < -0.39 is 0 Å². The Morgan fingerprint density at radius 2 is 2.38 bits per heavy atom. The molecule has 0 radical (unpaired) electrons. The number of hydrogen-bond acceptors (Lipinski definition) is 3. The maximum atomic E-state index is 11.8. The minimum atomic E-state index is -0.102. The van der Waals surface area contributed by atoms with Gasteiger partial charge in [0.25, 0.3) is 0 Å². The largest absolute Gasteiger partial charge is 0.309 e. The highest BCUT2D eigenvalue weighted by Gasteiger charge is 2.20. The molecular formula is C11H14ClN3O. The zero-order valence-electron chi connectivity index (χ0n) is 8.87. The molecule has 2 rings (SSSR count). The lowest BCUT2D eigenvalue weighted by Crippen LogP contribution is -2.43. The summed E-state index contributed by atoms with van der Waals surface area (Å²) in [6.07, 6.45) is 3.11. The van der Waals surface area contributed by atoms with E-state index in [1.54, 1.807) is 18.2 Å². The van der Waals surface area contributed by atoms with Crippen molar-refractivity contribution >= 4 is 23.3 Å². The molecule has 0 saturated carbocycles. The van der Waals surface area contributed by atoms with E-state index in [2.05, 4.69) is 15.6 Å². The maximum Gasteiger partial charge on any atom is 0.242 e. The minimum Gasteiger partial charge on any atom is -0.309 e. The molecular weight excluding hydrogens is 226 g/mol. The number of hydrogen-bond donors (Lipinski definition) is 2.